The van der Waals surface area contributed by atoms with Crippen LogP contribution in [0.25, 0.3) is 138 Å². The van der Waals surface area contributed by atoms with E-state index in [4.69, 9.17) is 0 Å². The highest BCUT2D eigenvalue weighted by molar-refractivity contribution is 6.12. The van der Waals surface area contributed by atoms with Gasteiger partial charge in [0.25, 0.3) is 0 Å². The molecule has 0 aliphatic rings. The maximum atomic E-state index is 2.45. The Balaban J connectivity index is 0.953. The zero-order valence-corrected chi connectivity index (χ0v) is 42.4. The molecule has 0 fully saturated rings. The topological polar surface area (TPSA) is 4.93 Å². The summed E-state index contributed by atoms with van der Waals surface area (Å²) in [6.45, 7) is 0. The fourth-order valence-electron chi connectivity index (χ4n) is 11.7. The summed E-state index contributed by atoms with van der Waals surface area (Å²) in [5, 5.41) is 4.89. The van der Waals surface area contributed by atoms with Crippen LogP contribution in [0.1, 0.15) is 0 Å². The van der Waals surface area contributed by atoms with Gasteiger partial charge in [-0.2, -0.15) is 0 Å². The normalized spacial score (nSPS) is 11.4. The van der Waals surface area contributed by atoms with Gasteiger partial charge in [0.15, 0.2) is 0 Å². The Hall–Kier alpha value is -10.1. The van der Waals surface area contributed by atoms with Crippen LogP contribution in [0, 0.1) is 0 Å². The third-order valence-corrected chi connectivity index (χ3v) is 15.4. The molecule has 0 spiro atoms. The largest absolute Gasteiger partial charge is 0.309 e. The Bertz CT molecular complexity index is 4230. The fraction of sp³-hybridized carbons (Fsp3) is 0. The Morgan fingerprint density at radius 1 is 0.169 bits per heavy atom. The third-order valence-electron chi connectivity index (χ3n) is 15.4. The highest BCUT2D eigenvalue weighted by Crippen LogP contribution is 2.44. The van der Waals surface area contributed by atoms with E-state index in [-0.39, 0.29) is 0 Å². The number of benzene rings is 13. The molecule has 0 amide bonds. The van der Waals surface area contributed by atoms with Gasteiger partial charge in [0.2, 0.25) is 0 Å². The van der Waals surface area contributed by atoms with Gasteiger partial charge in [0, 0.05) is 16.5 Å². The quantitative estimate of drug-likeness (QED) is 0.129. The van der Waals surface area contributed by atoms with Crippen LogP contribution in [0.2, 0.25) is 0 Å². The van der Waals surface area contributed by atoms with Crippen molar-refractivity contribution in [2.24, 2.45) is 0 Å². The second-order valence-corrected chi connectivity index (χ2v) is 20.0. The standard InChI is InChI=1S/C76H51N/c1-5-20-54(21-6-1)65-29-15-17-31-67(65)60-37-43-69(71(48-60)56-24-9-3-10-25-56)62-39-45-75-73(50-62)74-51-63(40-46-76(74)77(75)64-41-35-53(36-42-64)59-34-33-52-19-13-14-28-58(52)47-59)70-44-38-61(49-72(70)57-26-11-4-12-27-57)68-32-18-16-30-66(68)55-22-7-2-8-23-55/h1-51H. The summed E-state index contributed by atoms with van der Waals surface area (Å²) >= 11 is 0. The van der Waals surface area contributed by atoms with Crippen LogP contribution in [0.4, 0.5) is 0 Å². The minimum atomic E-state index is 1.12. The monoisotopic (exact) mass is 977 g/mol. The number of hydrogen-bond acceptors (Lipinski definition) is 0. The average molecular weight is 978 g/mol. The first-order valence-electron chi connectivity index (χ1n) is 26.6. The molecule has 0 aliphatic heterocycles. The number of rotatable bonds is 10. The van der Waals surface area contributed by atoms with E-state index in [9.17, 15) is 0 Å². The van der Waals surface area contributed by atoms with E-state index in [1.807, 2.05) is 0 Å². The van der Waals surface area contributed by atoms with Crippen molar-refractivity contribution in [2.45, 2.75) is 0 Å². The SMILES string of the molecule is c1ccc(-c2ccccc2-c2ccc(-c3ccc4c(c3)c3cc(-c5ccc(-c6ccccc6-c6ccccc6)cc5-c5ccccc5)ccc3n4-c3ccc(-c4ccc5ccccc5c4)cc3)c(-c3ccccc3)c2)cc1. The molecule has 1 heteroatoms. The number of hydrogen-bond donors (Lipinski definition) is 0. The van der Waals surface area contributed by atoms with Gasteiger partial charge in [-0.1, -0.05) is 255 Å². The molecule has 1 aromatic heterocycles. The van der Waals surface area contributed by atoms with Crippen molar-refractivity contribution in [3.8, 4) is 106 Å². The summed E-state index contributed by atoms with van der Waals surface area (Å²) in [5.74, 6) is 0. The molecule has 360 valence electrons. The summed E-state index contributed by atoms with van der Waals surface area (Å²) in [5.41, 5.74) is 24.9. The smallest absolute Gasteiger partial charge is 0.0541 e. The molecule has 0 N–H and O–H groups in total. The third kappa shape index (κ3) is 8.51. The Kier molecular flexibility index (Phi) is 11.6. The number of fused-ring (bicyclic) bond motifs is 4. The zero-order chi connectivity index (χ0) is 51.1. The molecule has 0 unspecified atom stereocenters. The molecule has 1 nitrogen and oxygen atoms in total. The molecule has 0 saturated carbocycles. The van der Waals surface area contributed by atoms with Gasteiger partial charge in [0.05, 0.1) is 11.0 Å². The summed E-state index contributed by atoms with van der Waals surface area (Å²) in [4.78, 5) is 0. The average Bonchev–Trinajstić information content (AvgIpc) is 3.95. The first-order chi connectivity index (χ1) is 38.2. The van der Waals surface area contributed by atoms with E-state index in [0.717, 1.165) is 16.7 Å². The summed E-state index contributed by atoms with van der Waals surface area (Å²) in [7, 11) is 0. The molecule has 0 saturated heterocycles. The molecule has 0 aliphatic carbocycles. The highest BCUT2D eigenvalue weighted by Gasteiger charge is 2.20. The van der Waals surface area contributed by atoms with E-state index in [2.05, 4.69) is 314 Å². The van der Waals surface area contributed by atoms with Gasteiger partial charge in [-0.25, -0.2) is 0 Å². The van der Waals surface area contributed by atoms with E-state index in [0.29, 0.717) is 0 Å². The van der Waals surface area contributed by atoms with Crippen molar-refractivity contribution in [1.82, 2.24) is 4.57 Å². The molecule has 13 aromatic carbocycles. The lowest BCUT2D eigenvalue weighted by Crippen LogP contribution is -1.94. The van der Waals surface area contributed by atoms with Gasteiger partial charge < -0.3 is 4.57 Å². The molecule has 0 atom stereocenters. The fourth-order valence-corrected chi connectivity index (χ4v) is 11.7. The second kappa shape index (κ2) is 19.6. The van der Waals surface area contributed by atoms with E-state index in [1.54, 1.807) is 0 Å². The van der Waals surface area contributed by atoms with Crippen molar-refractivity contribution < 1.29 is 0 Å². The molecule has 0 radical (unpaired) electrons. The maximum Gasteiger partial charge on any atom is 0.0541 e. The van der Waals surface area contributed by atoms with Gasteiger partial charge >= 0.3 is 0 Å². The molecule has 77 heavy (non-hydrogen) atoms. The van der Waals surface area contributed by atoms with Crippen LogP contribution in [0.3, 0.4) is 0 Å². The van der Waals surface area contributed by atoms with Crippen LogP contribution in [-0.2, 0) is 0 Å². The van der Waals surface area contributed by atoms with Gasteiger partial charge in [-0.15, -0.1) is 0 Å². The second-order valence-electron chi connectivity index (χ2n) is 20.0. The maximum absolute atomic E-state index is 2.45. The van der Waals surface area contributed by atoms with Crippen molar-refractivity contribution in [2.75, 3.05) is 0 Å². The van der Waals surface area contributed by atoms with E-state index in [1.165, 1.54) is 122 Å². The lowest BCUT2D eigenvalue weighted by molar-refractivity contribution is 1.18. The van der Waals surface area contributed by atoms with Gasteiger partial charge in [0.1, 0.15) is 0 Å². The van der Waals surface area contributed by atoms with Crippen LogP contribution in [0.15, 0.2) is 309 Å². The van der Waals surface area contributed by atoms with Crippen molar-refractivity contribution in [3.05, 3.63) is 309 Å². The Labute approximate surface area is 449 Å². The lowest BCUT2D eigenvalue weighted by Gasteiger charge is -2.16. The molecular weight excluding hydrogens is 927 g/mol. The molecular formula is C76H51N. The van der Waals surface area contributed by atoms with Crippen LogP contribution < -0.4 is 0 Å². The molecule has 1 heterocycles. The van der Waals surface area contributed by atoms with Crippen LogP contribution in [0.5, 0.6) is 0 Å². The minimum Gasteiger partial charge on any atom is -0.309 e. The van der Waals surface area contributed by atoms with Crippen molar-refractivity contribution >= 4 is 32.6 Å². The first-order valence-corrected chi connectivity index (χ1v) is 26.6. The lowest BCUT2D eigenvalue weighted by atomic mass is 9.88. The van der Waals surface area contributed by atoms with Gasteiger partial charge in [-0.3, -0.25) is 0 Å². The molecule has 14 rings (SSSR count). The summed E-state index contributed by atoms with van der Waals surface area (Å²) in [6.07, 6.45) is 0. The molecule has 14 aromatic rings. The molecule has 0 bridgehead atoms. The van der Waals surface area contributed by atoms with Crippen molar-refractivity contribution in [1.29, 1.82) is 0 Å². The number of nitrogens with zero attached hydrogens (tertiary/aromatic N) is 1. The zero-order valence-electron chi connectivity index (χ0n) is 42.4. The predicted octanol–water partition coefficient (Wildman–Crippen LogP) is 20.9. The minimum absolute atomic E-state index is 1.12. The van der Waals surface area contributed by atoms with E-state index < -0.39 is 0 Å². The highest BCUT2D eigenvalue weighted by atomic mass is 15.0. The Morgan fingerprint density at radius 2 is 0.494 bits per heavy atom. The van der Waals surface area contributed by atoms with Gasteiger partial charge in [-0.05, 0) is 166 Å². The Morgan fingerprint density at radius 3 is 0.948 bits per heavy atom. The number of aromatic nitrogens is 1. The first kappa shape index (κ1) is 45.5. The summed E-state index contributed by atoms with van der Waals surface area (Å²) in [6, 6.07) is 113. The predicted molar refractivity (Wildman–Crippen MR) is 327 cm³/mol. The van der Waals surface area contributed by atoms with Crippen LogP contribution in [-0.4, -0.2) is 4.57 Å². The summed E-state index contributed by atoms with van der Waals surface area (Å²) < 4.78 is 2.45. The van der Waals surface area contributed by atoms with Crippen molar-refractivity contribution in [3.63, 3.8) is 0 Å². The van der Waals surface area contributed by atoms with E-state index >= 15 is 0 Å². The van der Waals surface area contributed by atoms with Crippen LogP contribution >= 0.6 is 0 Å².